The van der Waals surface area contributed by atoms with E-state index in [0.717, 1.165) is 22.9 Å². The molecule has 0 heterocycles. The summed E-state index contributed by atoms with van der Waals surface area (Å²) in [6.45, 7) is 2.75. The zero-order chi connectivity index (χ0) is 16.5. The van der Waals surface area contributed by atoms with Gasteiger partial charge in [0.05, 0.1) is 7.11 Å². The van der Waals surface area contributed by atoms with Crippen LogP contribution in [-0.2, 0) is 5.75 Å². The lowest BCUT2D eigenvalue weighted by atomic mass is 10.1. The van der Waals surface area contributed by atoms with Crippen LogP contribution in [0.15, 0.2) is 48.5 Å². The number of benzene rings is 2. The monoisotopic (exact) mass is 330 g/mol. The van der Waals surface area contributed by atoms with Crippen LogP contribution in [0.5, 0.6) is 5.75 Å². The molecule has 0 unspecified atom stereocenters. The van der Waals surface area contributed by atoms with Gasteiger partial charge in [0.2, 0.25) is 0 Å². The Morgan fingerprint density at radius 3 is 2.78 bits per heavy atom. The third-order valence-corrected chi connectivity index (χ3v) is 4.39. The summed E-state index contributed by atoms with van der Waals surface area (Å²) in [6.07, 6.45) is 0. The standard InChI is InChI=1S/C18H22N2O2S/c1-14-6-3-4-7-15(14)13-23-11-10-19-18(21)20-16-8-5-9-17(12-16)22-2/h3-9,12H,10-11,13H2,1-2H3,(H2,19,20,21). The van der Waals surface area contributed by atoms with E-state index in [-0.39, 0.29) is 6.03 Å². The van der Waals surface area contributed by atoms with Crippen molar-refractivity contribution in [2.75, 3.05) is 24.7 Å². The summed E-state index contributed by atoms with van der Waals surface area (Å²) in [6, 6.07) is 15.5. The van der Waals surface area contributed by atoms with E-state index in [0.29, 0.717) is 6.54 Å². The molecule has 2 aromatic carbocycles. The van der Waals surface area contributed by atoms with Crippen LogP contribution in [0.2, 0.25) is 0 Å². The number of aryl methyl sites for hydroxylation is 1. The Morgan fingerprint density at radius 2 is 2.00 bits per heavy atom. The first-order chi connectivity index (χ1) is 11.2. The number of urea groups is 1. The van der Waals surface area contributed by atoms with E-state index < -0.39 is 0 Å². The summed E-state index contributed by atoms with van der Waals surface area (Å²) < 4.78 is 5.13. The molecule has 2 N–H and O–H groups in total. The number of hydrogen-bond acceptors (Lipinski definition) is 3. The van der Waals surface area contributed by atoms with Gasteiger partial charge in [-0.2, -0.15) is 11.8 Å². The fraction of sp³-hybridized carbons (Fsp3) is 0.278. The molecule has 4 nitrogen and oxygen atoms in total. The fourth-order valence-corrected chi connectivity index (χ4v) is 3.00. The van der Waals surface area contributed by atoms with Gasteiger partial charge in [0.25, 0.3) is 0 Å². The van der Waals surface area contributed by atoms with Crippen molar-refractivity contribution in [1.82, 2.24) is 5.32 Å². The maximum Gasteiger partial charge on any atom is 0.319 e. The Balaban J connectivity index is 1.66. The topological polar surface area (TPSA) is 50.4 Å². The Kier molecular flexibility index (Phi) is 6.81. The Bertz CT molecular complexity index is 646. The smallest absolute Gasteiger partial charge is 0.319 e. The second-order valence-corrected chi connectivity index (χ2v) is 6.20. The SMILES string of the molecule is COc1cccc(NC(=O)NCCSCc2ccccc2C)c1. The first kappa shape index (κ1) is 17.2. The maximum absolute atomic E-state index is 11.8. The number of rotatable bonds is 7. The summed E-state index contributed by atoms with van der Waals surface area (Å²) in [7, 11) is 1.60. The average molecular weight is 330 g/mol. The predicted octanol–water partition coefficient (Wildman–Crippen LogP) is 4.06. The minimum Gasteiger partial charge on any atom is -0.497 e. The van der Waals surface area contributed by atoms with Crippen LogP contribution in [0, 0.1) is 6.92 Å². The van der Waals surface area contributed by atoms with Gasteiger partial charge in [-0.3, -0.25) is 0 Å². The van der Waals surface area contributed by atoms with E-state index >= 15 is 0 Å². The van der Waals surface area contributed by atoms with Crippen molar-refractivity contribution in [3.8, 4) is 5.75 Å². The highest BCUT2D eigenvalue weighted by Gasteiger charge is 2.02. The second-order valence-electron chi connectivity index (χ2n) is 5.09. The van der Waals surface area contributed by atoms with E-state index in [2.05, 4.69) is 35.8 Å². The molecule has 0 aliphatic rings. The van der Waals surface area contributed by atoms with E-state index in [4.69, 9.17) is 4.74 Å². The molecule has 0 fully saturated rings. The molecule has 0 aliphatic heterocycles. The van der Waals surface area contributed by atoms with Gasteiger partial charge in [-0.25, -0.2) is 4.79 Å². The van der Waals surface area contributed by atoms with Crippen LogP contribution in [-0.4, -0.2) is 25.4 Å². The van der Waals surface area contributed by atoms with Gasteiger partial charge >= 0.3 is 6.03 Å². The number of amides is 2. The molecular formula is C18H22N2O2S. The molecule has 0 atom stereocenters. The zero-order valence-electron chi connectivity index (χ0n) is 13.5. The van der Waals surface area contributed by atoms with Gasteiger partial charge in [0.15, 0.2) is 0 Å². The molecule has 5 heteroatoms. The maximum atomic E-state index is 11.8. The molecule has 2 rings (SSSR count). The number of anilines is 1. The number of carbonyl (C=O) groups excluding carboxylic acids is 1. The molecule has 0 saturated heterocycles. The summed E-state index contributed by atoms with van der Waals surface area (Å²) in [5, 5.41) is 5.65. The number of carbonyl (C=O) groups is 1. The molecule has 0 aromatic heterocycles. The third kappa shape index (κ3) is 5.87. The van der Waals surface area contributed by atoms with E-state index in [1.54, 1.807) is 13.2 Å². The minimum atomic E-state index is -0.199. The predicted molar refractivity (Wildman–Crippen MR) is 97.4 cm³/mol. The number of ether oxygens (including phenoxy) is 1. The molecular weight excluding hydrogens is 308 g/mol. The van der Waals surface area contributed by atoms with Gasteiger partial charge in [0, 0.05) is 29.8 Å². The Morgan fingerprint density at radius 1 is 1.17 bits per heavy atom. The van der Waals surface area contributed by atoms with Crippen molar-refractivity contribution in [2.45, 2.75) is 12.7 Å². The van der Waals surface area contributed by atoms with Crippen molar-refractivity contribution in [2.24, 2.45) is 0 Å². The second kappa shape index (κ2) is 9.10. The zero-order valence-corrected chi connectivity index (χ0v) is 14.3. The summed E-state index contributed by atoms with van der Waals surface area (Å²) in [5.74, 6) is 2.56. The highest BCUT2D eigenvalue weighted by Crippen LogP contribution is 2.17. The van der Waals surface area contributed by atoms with Crippen molar-refractivity contribution < 1.29 is 9.53 Å². The molecule has 2 aromatic rings. The number of thioether (sulfide) groups is 1. The summed E-state index contributed by atoms with van der Waals surface area (Å²) in [4.78, 5) is 11.8. The summed E-state index contributed by atoms with van der Waals surface area (Å²) in [5.41, 5.74) is 3.37. The van der Waals surface area contributed by atoms with Crippen LogP contribution in [0.4, 0.5) is 10.5 Å². The molecule has 0 saturated carbocycles. The highest BCUT2D eigenvalue weighted by atomic mass is 32.2. The van der Waals surface area contributed by atoms with Crippen molar-refractivity contribution in [3.05, 3.63) is 59.7 Å². The summed E-state index contributed by atoms with van der Waals surface area (Å²) >= 11 is 1.81. The van der Waals surface area contributed by atoms with Crippen LogP contribution in [0.1, 0.15) is 11.1 Å². The molecule has 0 aliphatic carbocycles. The first-order valence-electron chi connectivity index (χ1n) is 7.50. The average Bonchev–Trinajstić information content (AvgIpc) is 2.56. The van der Waals surface area contributed by atoms with Gasteiger partial charge in [-0.05, 0) is 30.2 Å². The molecule has 23 heavy (non-hydrogen) atoms. The van der Waals surface area contributed by atoms with Crippen LogP contribution >= 0.6 is 11.8 Å². The highest BCUT2D eigenvalue weighted by molar-refractivity contribution is 7.98. The lowest BCUT2D eigenvalue weighted by molar-refractivity contribution is 0.252. The lowest BCUT2D eigenvalue weighted by Gasteiger charge is -2.09. The van der Waals surface area contributed by atoms with E-state index in [9.17, 15) is 4.79 Å². The van der Waals surface area contributed by atoms with Crippen molar-refractivity contribution >= 4 is 23.5 Å². The number of hydrogen-bond donors (Lipinski definition) is 2. The number of nitrogens with one attached hydrogen (secondary N) is 2. The van der Waals surface area contributed by atoms with Gasteiger partial charge in [-0.15, -0.1) is 0 Å². The number of methoxy groups -OCH3 is 1. The largest absolute Gasteiger partial charge is 0.497 e. The molecule has 0 bridgehead atoms. The van der Waals surface area contributed by atoms with Crippen LogP contribution < -0.4 is 15.4 Å². The van der Waals surface area contributed by atoms with E-state index in [1.165, 1.54) is 11.1 Å². The van der Waals surface area contributed by atoms with Crippen molar-refractivity contribution in [3.63, 3.8) is 0 Å². The minimum absolute atomic E-state index is 0.199. The third-order valence-electron chi connectivity index (χ3n) is 3.38. The fourth-order valence-electron chi connectivity index (χ4n) is 2.07. The first-order valence-corrected chi connectivity index (χ1v) is 8.65. The molecule has 122 valence electrons. The lowest BCUT2D eigenvalue weighted by Crippen LogP contribution is -2.30. The van der Waals surface area contributed by atoms with E-state index in [1.807, 2.05) is 36.0 Å². The van der Waals surface area contributed by atoms with Gasteiger partial charge in [0.1, 0.15) is 5.75 Å². The van der Waals surface area contributed by atoms with Crippen LogP contribution in [0.3, 0.4) is 0 Å². The Hall–Kier alpha value is -2.14. The van der Waals surface area contributed by atoms with Crippen molar-refractivity contribution in [1.29, 1.82) is 0 Å². The molecule has 0 radical (unpaired) electrons. The molecule has 0 spiro atoms. The Labute approximate surface area is 141 Å². The normalized spacial score (nSPS) is 10.2. The molecule has 2 amide bonds. The van der Waals surface area contributed by atoms with Crippen LogP contribution in [0.25, 0.3) is 0 Å². The van der Waals surface area contributed by atoms with Gasteiger partial charge in [-0.1, -0.05) is 30.3 Å². The van der Waals surface area contributed by atoms with Gasteiger partial charge < -0.3 is 15.4 Å². The quantitative estimate of drug-likeness (QED) is 0.753.